The van der Waals surface area contributed by atoms with Gasteiger partial charge in [-0.1, -0.05) is 91.0 Å². The molecule has 0 saturated carbocycles. The van der Waals surface area contributed by atoms with Gasteiger partial charge in [0.25, 0.3) is 0 Å². The van der Waals surface area contributed by atoms with Crippen LogP contribution in [0.2, 0.25) is 5.02 Å². The second kappa shape index (κ2) is 14.0. The van der Waals surface area contributed by atoms with Gasteiger partial charge in [-0.05, 0) is 40.8 Å². The summed E-state index contributed by atoms with van der Waals surface area (Å²) in [7, 11) is 0. The van der Waals surface area contributed by atoms with Crippen molar-refractivity contribution in [2.75, 3.05) is 45.8 Å². The summed E-state index contributed by atoms with van der Waals surface area (Å²) in [6.07, 6.45) is 0.819. The number of rotatable bonds is 11. The van der Waals surface area contributed by atoms with Crippen LogP contribution >= 0.6 is 11.6 Å². The summed E-state index contributed by atoms with van der Waals surface area (Å²) in [5.74, 6) is 0.201. The van der Waals surface area contributed by atoms with Crippen molar-refractivity contribution in [2.24, 2.45) is 0 Å². The van der Waals surface area contributed by atoms with Gasteiger partial charge in [0.15, 0.2) is 0 Å². The molecule has 1 fully saturated rings. The van der Waals surface area contributed by atoms with E-state index in [0.717, 1.165) is 50.3 Å². The topological polar surface area (TPSA) is 47.6 Å². The molecular formula is C31H37ClN4O. The highest BCUT2D eigenvalue weighted by Gasteiger charge is 2.20. The van der Waals surface area contributed by atoms with E-state index in [9.17, 15) is 4.79 Å². The molecule has 6 heteroatoms. The highest BCUT2D eigenvalue weighted by atomic mass is 35.5. The smallest absolute Gasteiger partial charge is 0.317 e. The molecule has 0 unspecified atom stereocenters. The Morgan fingerprint density at radius 3 is 2.24 bits per heavy atom. The molecule has 0 radical (unpaired) electrons. The van der Waals surface area contributed by atoms with Crippen LogP contribution in [0.1, 0.15) is 29.0 Å². The number of carbonyl (C=O) groups is 1. The third-order valence-electron chi connectivity index (χ3n) is 6.78. The zero-order valence-electron chi connectivity index (χ0n) is 21.4. The monoisotopic (exact) mass is 516 g/mol. The molecule has 1 saturated heterocycles. The van der Waals surface area contributed by atoms with E-state index in [1.165, 1.54) is 11.1 Å². The van der Waals surface area contributed by atoms with Gasteiger partial charge in [0.1, 0.15) is 0 Å². The molecule has 0 atom stereocenters. The Hall–Kier alpha value is -3.12. The highest BCUT2D eigenvalue weighted by Crippen LogP contribution is 2.28. The molecule has 4 rings (SSSR count). The maximum Gasteiger partial charge on any atom is 0.317 e. The number of carbonyl (C=O) groups excluding carboxylic acids is 1. The van der Waals surface area contributed by atoms with E-state index in [1.807, 2.05) is 41.3 Å². The second-order valence-corrected chi connectivity index (χ2v) is 10.1. The van der Waals surface area contributed by atoms with E-state index in [1.54, 1.807) is 0 Å². The first-order valence-electron chi connectivity index (χ1n) is 13.1. The lowest BCUT2D eigenvalue weighted by atomic mass is 9.88. The lowest BCUT2D eigenvalue weighted by Crippen LogP contribution is -2.46. The molecule has 2 amide bonds. The molecule has 3 aromatic rings. The molecular weight excluding hydrogens is 480 g/mol. The molecule has 0 bridgehead atoms. The maximum atomic E-state index is 13.4. The van der Waals surface area contributed by atoms with Crippen molar-refractivity contribution in [3.8, 4) is 0 Å². The molecule has 5 nitrogen and oxygen atoms in total. The van der Waals surface area contributed by atoms with Crippen LogP contribution in [0.15, 0.2) is 97.1 Å². The third kappa shape index (κ3) is 8.46. The first-order valence-corrected chi connectivity index (χ1v) is 13.4. The largest absolute Gasteiger partial charge is 0.334 e. The molecule has 194 valence electrons. The minimum absolute atomic E-state index is 0.0821. The van der Waals surface area contributed by atoms with Crippen LogP contribution in [-0.4, -0.2) is 61.6 Å². The predicted octanol–water partition coefficient (Wildman–Crippen LogP) is 5.54. The summed E-state index contributed by atoms with van der Waals surface area (Å²) in [5, 5.41) is 7.16. The Morgan fingerprint density at radius 2 is 1.62 bits per heavy atom. The molecule has 2 N–H and O–H groups in total. The maximum absolute atomic E-state index is 13.4. The predicted molar refractivity (Wildman–Crippen MR) is 153 cm³/mol. The van der Waals surface area contributed by atoms with E-state index >= 15 is 0 Å². The Morgan fingerprint density at radius 1 is 0.973 bits per heavy atom. The number of nitrogens with one attached hydrogen (secondary N) is 2. The lowest BCUT2D eigenvalue weighted by Gasteiger charge is -2.31. The van der Waals surface area contributed by atoms with Gasteiger partial charge in [-0.3, -0.25) is 4.90 Å². The van der Waals surface area contributed by atoms with Crippen molar-refractivity contribution in [1.82, 2.24) is 20.4 Å². The van der Waals surface area contributed by atoms with Crippen molar-refractivity contribution < 1.29 is 4.79 Å². The summed E-state index contributed by atoms with van der Waals surface area (Å²) < 4.78 is 0. The van der Waals surface area contributed by atoms with Crippen LogP contribution in [0.3, 0.4) is 0 Å². The Balaban J connectivity index is 1.46. The average molecular weight is 517 g/mol. The number of hydrogen-bond donors (Lipinski definition) is 2. The number of hydrogen-bond acceptors (Lipinski definition) is 3. The van der Waals surface area contributed by atoms with Gasteiger partial charge < -0.3 is 15.5 Å². The van der Waals surface area contributed by atoms with Crippen molar-refractivity contribution in [3.05, 3.63) is 119 Å². The number of halogens is 1. The zero-order chi connectivity index (χ0) is 25.9. The fourth-order valence-corrected chi connectivity index (χ4v) is 5.09. The number of urea groups is 1. The van der Waals surface area contributed by atoms with Crippen LogP contribution in [0, 0.1) is 0 Å². The lowest BCUT2D eigenvalue weighted by molar-refractivity contribution is 0.197. The molecule has 0 spiro atoms. The van der Waals surface area contributed by atoms with E-state index in [0.29, 0.717) is 24.7 Å². The van der Waals surface area contributed by atoms with E-state index in [2.05, 4.69) is 70.6 Å². The summed E-state index contributed by atoms with van der Waals surface area (Å²) in [4.78, 5) is 17.7. The molecule has 0 aliphatic carbocycles. The normalized spacial score (nSPS) is 13.9. The number of piperazine rings is 1. The van der Waals surface area contributed by atoms with Gasteiger partial charge in [-0.2, -0.15) is 0 Å². The van der Waals surface area contributed by atoms with Crippen molar-refractivity contribution in [3.63, 3.8) is 0 Å². The van der Waals surface area contributed by atoms with Crippen LogP contribution in [0.4, 0.5) is 4.79 Å². The number of benzene rings is 3. The molecule has 0 aromatic heterocycles. The molecule has 37 heavy (non-hydrogen) atoms. The van der Waals surface area contributed by atoms with Gasteiger partial charge in [-0.15, -0.1) is 0 Å². The van der Waals surface area contributed by atoms with Crippen LogP contribution in [-0.2, 0) is 6.54 Å². The first kappa shape index (κ1) is 26.9. The first-order chi connectivity index (χ1) is 18.1. The minimum Gasteiger partial charge on any atom is -0.334 e. The van der Waals surface area contributed by atoms with E-state index < -0.39 is 0 Å². The van der Waals surface area contributed by atoms with Gasteiger partial charge in [0.05, 0.1) is 0 Å². The standard InChI is InChI=1S/C31H37ClN4O/c1-25(23-35-19-16-33-17-20-35)24-36(31(37)34-22-26-9-8-14-29(32)21-26)18-15-30(27-10-4-2-5-11-27)28-12-6-3-7-13-28/h2-14,21,30,33H,1,15-20,22-24H2,(H,34,37). The molecule has 3 aromatic carbocycles. The summed E-state index contributed by atoms with van der Waals surface area (Å²) in [6, 6.07) is 28.6. The van der Waals surface area contributed by atoms with E-state index in [4.69, 9.17) is 11.6 Å². The fourth-order valence-electron chi connectivity index (χ4n) is 4.88. The fraction of sp³-hybridized carbons (Fsp3) is 0.323. The Bertz CT molecular complexity index is 1090. The molecule has 1 aliphatic heterocycles. The third-order valence-corrected chi connectivity index (χ3v) is 7.02. The average Bonchev–Trinajstić information content (AvgIpc) is 2.93. The quantitative estimate of drug-likeness (QED) is 0.329. The Kier molecular flexibility index (Phi) is 10.2. The van der Waals surface area contributed by atoms with Crippen molar-refractivity contribution >= 4 is 17.6 Å². The Labute approximate surface area is 226 Å². The van der Waals surface area contributed by atoms with Gasteiger partial charge in [0, 0.05) is 63.3 Å². The van der Waals surface area contributed by atoms with Gasteiger partial charge in [0.2, 0.25) is 0 Å². The van der Waals surface area contributed by atoms with Gasteiger partial charge >= 0.3 is 6.03 Å². The van der Waals surface area contributed by atoms with Crippen LogP contribution in [0.5, 0.6) is 0 Å². The van der Waals surface area contributed by atoms with E-state index in [-0.39, 0.29) is 11.9 Å². The SMILES string of the molecule is C=C(CN1CCNCC1)CN(CCC(c1ccccc1)c1ccccc1)C(=O)NCc1cccc(Cl)c1. The van der Waals surface area contributed by atoms with Crippen molar-refractivity contribution in [2.45, 2.75) is 18.9 Å². The minimum atomic E-state index is -0.0821. The van der Waals surface area contributed by atoms with Crippen LogP contribution < -0.4 is 10.6 Å². The summed E-state index contributed by atoms with van der Waals surface area (Å²) >= 11 is 6.14. The van der Waals surface area contributed by atoms with Gasteiger partial charge in [-0.25, -0.2) is 4.79 Å². The molecule has 1 aliphatic rings. The summed E-state index contributed by atoms with van der Waals surface area (Å²) in [5.41, 5.74) is 4.54. The summed E-state index contributed by atoms with van der Waals surface area (Å²) in [6.45, 7) is 10.7. The van der Waals surface area contributed by atoms with Crippen molar-refractivity contribution in [1.29, 1.82) is 0 Å². The van der Waals surface area contributed by atoms with Crippen LogP contribution in [0.25, 0.3) is 0 Å². The zero-order valence-corrected chi connectivity index (χ0v) is 22.2. The highest BCUT2D eigenvalue weighted by molar-refractivity contribution is 6.30. The number of amides is 2. The molecule has 1 heterocycles. The number of nitrogens with zero attached hydrogens (tertiary/aromatic N) is 2. The second-order valence-electron chi connectivity index (χ2n) is 9.65.